The first-order valence-corrected chi connectivity index (χ1v) is 8.18. The van der Waals surface area contributed by atoms with Crippen molar-refractivity contribution in [3.63, 3.8) is 0 Å². The molecule has 1 aromatic carbocycles. The summed E-state index contributed by atoms with van der Waals surface area (Å²) in [6, 6.07) is 9.64. The maximum atomic E-state index is 10.5. The Morgan fingerprint density at radius 2 is 2.27 bits per heavy atom. The lowest BCUT2D eigenvalue weighted by molar-refractivity contribution is 0.0951. The molecule has 2 atom stereocenters. The monoisotopic (exact) mass is 319 g/mol. The van der Waals surface area contributed by atoms with Gasteiger partial charge in [0.05, 0.1) is 11.8 Å². The van der Waals surface area contributed by atoms with Crippen LogP contribution < -0.4 is 0 Å². The maximum absolute atomic E-state index is 10.5. The molecule has 22 heavy (non-hydrogen) atoms. The minimum atomic E-state index is -0.548. The minimum Gasteiger partial charge on any atom is -0.387 e. The standard InChI is InChI=1S/C17H22ClN3O/c1-12-9-16(20-19-12)13-5-4-8-21(10-13)11-17(22)14-6-2-3-7-15(14)18/h2-3,6-7,9,13,17,22H,4-5,8,10-11H2,1H3,(H,19,20). The highest BCUT2D eigenvalue weighted by molar-refractivity contribution is 6.31. The fourth-order valence-electron chi connectivity index (χ4n) is 3.20. The van der Waals surface area contributed by atoms with Gasteiger partial charge in [-0.15, -0.1) is 0 Å². The van der Waals surface area contributed by atoms with Crippen molar-refractivity contribution in [3.8, 4) is 0 Å². The van der Waals surface area contributed by atoms with Crippen LogP contribution in [0, 0.1) is 6.92 Å². The smallest absolute Gasteiger partial charge is 0.0931 e. The number of benzene rings is 1. The van der Waals surface area contributed by atoms with Crippen molar-refractivity contribution in [2.24, 2.45) is 0 Å². The topological polar surface area (TPSA) is 52.1 Å². The molecule has 2 N–H and O–H groups in total. The number of nitrogens with zero attached hydrogens (tertiary/aromatic N) is 2. The second kappa shape index (κ2) is 6.82. The number of aromatic nitrogens is 2. The number of aryl methyl sites for hydroxylation is 1. The molecule has 1 aliphatic rings. The van der Waals surface area contributed by atoms with Gasteiger partial charge >= 0.3 is 0 Å². The quantitative estimate of drug-likeness (QED) is 0.909. The van der Waals surface area contributed by atoms with Gasteiger partial charge in [0.25, 0.3) is 0 Å². The Hall–Kier alpha value is -1.36. The molecule has 118 valence electrons. The summed E-state index contributed by atoms with van der Waals surface area (Å²) in [7, 11) is 0. The zero-order valence-electron chi connectivity index (χ0n) is 12.8. The summed E-state index contributed by atoms with van der Waals surface area (Å²) in [6.45, 7) is 4.59. The molecule has 4 nitrogen and oxygen atoms in total. The summed E-state index contributed by atoms with van der Waals surface area (Å²) >= 11 is 6.17. The van der Waals surface area contributed by atoms with Crippen molar-refractivity contribution in [2.75, 3.05) is 19.6 Å². The molecule has 1 saturated heterocycles. The van der Waals surface area contributed by atoms with E-state index < -0.39 is 6.10 Å². The second-order valence-corrected chi connectivity index (χ2v) is 6.52. The first-order valence-electron chi connectivity index (χ1n) is 7.80. The van der Waals surface area contributed by atoms with Crippen LogP contribution in [0.2, 0.25) is 5.02 Å². The molecule has 2 unspecified atom stereocenters. The van der Waals surface area contributed by atoms with Crippen molar-refractivity contribution < 1.29 is 5.11 Å². The van der Waals surface area contributed by atoms with Crippen LogP contribution in [-0.2, 0) is 0 Å². The predicted molar refractivity (Wildman–Crippen MR) is 88.2 cm³/mol. The van der Waals surface area contributed by atoms with Crippen molar-refractivity contribution >= 4 is 11.6 Å². The van der Waals surface area contributed by atoms with E-state index in [1.807, 2.05) is 31.2 Å². The molecule has 0 saturated carbocycles. The molecule has 0 spiro atoms. The third-order valence-electron chi connectivity index (χ3n) is 4.34. The molecule has 3 rings (SSSR count). The third kappa shape index (κ3) is 3.51. The van der Waals surface area contributed by atoms with Crippen LogP contribution in [0.1, 0.15) is 41.8 Å². The van der Waals surface area contributed by atoms with Crippen molar-refractivity contribution in [1.29, 1.82) is 0 Å². The predicted octanol–water partition coefficient (Wildman–Crippen LogP) is 3.28. The molecule has 1 aromatic heterocycles. The molecular weight excluding hydrogens is 298 g/mol. The number of β-amino-alcohol motifs (C(OH)–C–C–N with tert-alkyl or cyclic N) is 1. The van der Waals surface area contributed by atoms with Crippen LogP contribution >= 0.6 is 11.6 Å². The summed E-state index contributed by atoms with van der Waals surface area (Å²) in [5.41, 5.74) is 3.04. The Labute approximate surface area is 136 Å². The Bertz CT molecular complexity index is 628. The van der Waals surface area contributed by atoms with Gasteiger partial charge in [0, 0.05) is 35.3 Å². The molecule has 1 fully saturated rings. The fourth-order valence-corrected chi connectivity index (χ4v) is 3.46. The van der Waals surface area contributed by atoms with Gasteiger partial charge in [-0.1, -0.05) is 29.8 Å². The molecular formula is C17H22ClN3O. The molecule has 2 heterocycles. The number of aromatic amines is 1. The van der Waals surface area contributed by atoms with Crippen molar-refractivity contribution in [1.82, 2.24) is 15.1 Å². The average molecular weight is 320 g/mol. The highest BCUT2D eigenvalue weighted by Crippen LogP contribution is 2.28. The van der Waals surface area contributed by atoms with Gasteiger partial charge in [-0.25, -0.2) is 0 Å². The number of aliphatic hydroxyl groups excluding tert-OH is 1. The molecule has 0 aliphatic carbocycles. The number of rotatable bonds is 4. The Kier molecular flexibility index (Phi) is 4.81. The second-order valence-electron chi connectivity index (χ2n) is 6.11. The van der Waals surface area contributed by atoms with E-state index in [4.69, 9.17) is 11.6 Å². The summed E-state index contributed by atoms with van der Waals surface area (Å²) in [4.78, 5) is 2.31. The van der Waals surface area contributed by atoms with Crippen LogP contribution in [0.25, 0.3) is 0 Å². The summed E-state index contributed by atoms with van der Waals surface area (Å²) < 4.78 is 0. The summed E-state index contributed by atoms with van der Waals surface area (Å²) in [5, 5.41) is 18.5. The van der Waals surface area contributed by atoms with Gasteiger partial charge in [0.1, 0.15) is 0 Å². The average Bonchev–Trinajstić information content (AvgIpc) is 2.94. The summed E-state index contributed by atoms with van der Waals surface area (Å²) in [6.07, 6.45) is 1.74. The first kappa shape index (κ1) is 15.5. The van der Waals surface area contributed by atoms with Gasteiger partial charge in [-0.3, -0.25) is 10.00 Å². The van der Waals surface area contributed by atoms with Crippen LogP contribution in [-0.4, -0.2) is 39.8 Å². The number of likely N-dealkylation sites (tertiary alicyclic amines) is 1. The Balaban J connectivity index is 1.64. The maximum Gasteiger partial charge on any atom is 0.0931 e. The van der Waals surface area contributed by atoms with Gasteiger partial charge in [-0.2, -0.15) is 5.10 Å². The number of nitrogens with one attached hydrogen (secondary N) is 1. The van der Waals surface area contributed by atoms with Gasteiger partial charge in [-0.05, 0) is 38.4 Å². The number of H-pyrrole nitrogens is 1. The zero-order chi connectivity index (χ0) is 15.5. The first-order chi connectivity index (χ1) is 10.6. The number of hydrogen-bond acceptors (Lipinski definition) is 3. The van der Waals surface area contributed by atoms with E-state index in [1.165, 1.54) is 0 Å². The number of piperidine rings is 1. The van der Waals surface area contributed by atoms with Crippen LogP contribution in [0.4, 0.5) is 0 Å². The molecule has 2 aromatic rings. The van der Waals surface area contributed by atoms with Crippen LogP contribution in [0.3, 0.4) is 0 Å². The molecule has 0 bridgehead atoms. The van der Waals surface area contributed by atoms with E-state index in [1.54, 1.807) is 0 Å². The van der Waals surface area contributed by atoms with E-state index >= 15 is 0 Å². The molecule has 0 amide bonds. The molecule has 0 radical (unpaired) electrons. The SMILES string of the molecule is Cc1cc(C2CCCN(CC(O)c3ccccc3Cl)C2)n[nH]1. The fraction of sp³-hybridized carbons (Fsp3) is 0.471. The lowest BCUT2D eigenvalue weighted by Gasteiger charge is -2.33. The lowest BCUT2D eigenvalue weighted by atomic mass is 9.94. The van der Waals surface area contributed by atoms with Crippen LogP contribution in [0.5, 0.6) is 0 Å². The van der Waals surface area contributed by atoms with E-state index in [0.29, 0.717) is 17.5 Å². The molecule has 1 aliphatic heterocycles. The highest BCUT2D eigenvalue weighted by Gasteiger charge is 2.25. The number of halogens is 1. The van der Waals surface area contributed by atoms with E-state index in [0.717, 1.165) is 42.9 Å². The number of hydrogen-bond donors (Lipinski definition) is 2. The number of aliphatic hydroxyl groups is 1. The molecule has 5 heteroatoms. The van der Waals surface area contributed by atoms with Crippen molar-refractivity contribution in [2.45, 2.75) is 31.8 Å². The Morgan fingerprint density at radius 1 is 1.45 bits per heavy atom. The van der Waals surface area contributed by atoms with E-state index in [2.05, 4.69) is 21.2 Å². The van der Waals surface area contributed by atoms with E-state index in [-0.39, 0.29) is 0 Å². The van der Waals surface area contributed by atoms with Crippen LogP contribution in [0.15, 0.2) is 30.3 Å². The van der Waals surface area contributed by atoms with Gasteiger partial charge in [0.2, 0.25) is 0 Å². The van der Waals surface area contributed by atoms with E-state index in [9.17, 15) is 5.11 Å². The Morgan fingerprint density at radius 3 is 3.00 bits per heavy atom. The third-order valence-corrected chi connectivity index (χ3v) is 4.69. The highest BCUT2D eigenvalue weighted by atomic mass is 35.5. The normalized spacial score (nSPS) is 21.0. The van der Waals surface area contributed by atoms with Gasteiger partial charge in [0.15, 0.2) is 0 Å². The van der Waals surface area contributed by atoms with Gasteiger partial charge < -0.3 is 5.11 Å². The summed E-state index contributed by atoms with van der Waals surface area (Å²) in [5.74, 6) is 0.442. The van der Waals surface area contributed by atoms with Crippen molar-refractivity contribution in [3.05, 3.63) is 52.3 Å². The minimum absolute atomic E-state index is 0.442. The lowest BCUT2D eigenvalue weighted by Crippen LogP contribution is -2.37. The zero-order valence-corrected chi connectivity index (χ0v) is 13.6. The largest absolute Gasteiger partial charge is 0.387 e.